The highest BCUT2D eigenvalue weighted by molar-refractivity contribution is 6.29. The number of carbonyl (C=O) groups is 1. The molecule has 5 nitrogen and oxygen atoms in total. The Balaban J connectivity index is 2.46. The monoisotopic (exact) mass is 243 g/mol. The second-order valence-corrected chi connectivity index (χ2v) is 3.87. The van der Waals surface area contributed by atoms with Gasteiger partial charge in [-0.2, -0.15) is 0 Å². The molecule has 1 unspecified atom stereocenters. The zero-order valence-electron chi connectivity index (χ0n) is 8.98. The lowest BCUT2D eigenvalue weighted by Crippen LogP contribution is -2.17. The van der Waals surface area contributed by atoms with Crippen LogP contribution in [0, 0.1) is 5.92 Å². The van der Waals surface area contributed by atoms with E-state index in [0.29, 0.717) is 17.5 Å². The van der Waals surface area contributed by atoms with Crippen molar-refractivity contribution in [2.45, 2.75) is 19.8 Å². The number of anilines is 1. The van der Waals surface area contributed by atoms with Gasteiger partial charge in [-0.1, -0.05) is 24.9 Å². The highest BCUT2D eigenvalue weighted by atomic mass is 35.5. The molecule has 0 amide bonds. The maximum Gasteiger partial charge on any atom is 0.303 e. The molecule has 0 aliphatic heterocycles. The van der Waals surface area contributed by atoms with Gasteiger partial charge in [0.15, 0.2) is 0 Å². The number of halogens is 1. The molecule has 1 rings (SSSR count). The summed E-state index contributed by atoms with van der Waals surface area (Å²) >= 11 is 5.67. The predicted molar refractivity (Wildman–Crippen MR) is 61.6 cm³/mol. The molecule has 1 aromatic rings. The Hall–Kier alpha value is -1.36. The second kappa shape index (κ2) is 6.27. The summed E-state index contributed by atoms with van der Waals surface area (Å²) in [6.45, 7) is 2.51. The van der Waals surface area contributed by atoms with Crippen molar-refractivity contribution in [2.24, 2.45) is 5.92 Å². The van der Waals surface area contributed by atoms with Crippen molar-refractivity contribution < 1.29 is 9.90 Å². The van der Waals surface area contributed by atoms with Crippen LogP contribution >= 0.6 is 11.6 Å². The zero-order chi connectivity index (χ0) is 12.0. The average Bonchev–Trinajstić information content (AvgIpc) is 2.24. The lowest BCUT2D eigenvalue weighted by atomic mass is 10.0. The van der Waals surface area contributed by atoms with Gasteiger partial charge in [0.1, 0.15) is 11.0 Å². The number of aliphatic carboxylic acids is 1. The number of nitrogens with zero attached hydrogens (tertiary/aromatic N) is 2. The molecule has 0 bridgehead atoms. The largest absolute Gasteiger partial charge is 0.481 e. The van der Waals surface area contributed by atoms with Gasteiger partial charge in [0.2, 0.25) is 0 Å². The summed E-state index contributed by atoms with van der Waals surface area (Å²) in [5.41, 5.74) is 0. The van der Waals surface area contributed by atoms with E-state index >= 15 is 0 Å². The molecule has 0 fully saturated rings. The first-order valence-corrected chi connectivity index (χ1v) is 5.42. The Morgan fingerprint density at radius 2 is 2.38 bits per heavy atom. The van der Waals surface area contributed by atoms with E-state index in [4.69, 9.17) is 16.7 Å². The molecule has 2 N–H and O–H groups in total. The molecule has 0 saturated carbocycles. The first-order valence-electron chi connectivity index (χ1n) is 5.05. The van der Waals surface area contributed by atoms with Crippen molar-refractivity contribution in [1.29, 1.82) is 0 Å². The number of carboxylic acid groups (broad SMARTS) is 1. The number of carboxylic acids is 1. The third-order valence-corrected chi connectivity index (χ3v) is 2.40. The summed E-state index contributed by atoms with van der Waals surface area (Å²) in [5, 5.41) is 12.0. The summed E-state index contributed by atoms with van der Waals surface area (Å²) in [5.74, 6) is -0.138. The maximum atomic E-state index is 10.6. The van der Waals surface area contributed by atoms with E-state index in [0.717, 1.165) is 6.42 Å². The Kier molecular flexibility index (Phi) is 4.98. The van der Waals surface area contributed by atoms with E-state index in [1.54, 1.807) is 6.20 Å². The molecule has 16 heavy (non-hydrogen) atoms. The van der Waals surface area contributed by atoms with E-state index in [2.05, 4.69) is 15.3 Å². The van der Waals surface area contributed by atoms with Gasteiger partial charge in [0.25, 0.3) is 0 Å². The minimum atomic E-state index is -0.786. The molecular formula is C10H14ClN3O2. The van der Waals surface area contributed by atoms with Crippen LogP contribution in [0.25, 0.3) is 0 Å². The molecule has 1 heterocycles. The SMILES string of the molecule is CCC(CNc1cncc(Cl)n1)CC(=O)O. The Labute approximate surface area is 98.9 Å². The van der Waals surface area contributed by atoms with E-state index < -0.39 is 5.97 Å². The number of hydrogen-bond acceptors (Lipinski definition) is 4. The molecule has 6 heteroatoms. The van der Waals surface area contributed by atoms with Crippen LogP contribution in [0.15, 0.2) is 12.4 Å². The molecule has 0 aromatic carbocycles. The maximum absolute atomic E-state index is 10.6. The third-order valence-electron chi connectivity index (χ3n) is 2.22. The summed E-state index contributed by atoms with van der Waals surface area (Å²) in [4.78, 5) is 18.4. The van der Waals surface area contributed by atoms with Gasteiger partial charge >= 0.3 is 5.97 Å². The zero-order valence-corrected chi connectivity index (χ0v) is 9.74. The number of rotatable bonds is 6. The molecule has 0 radical (unpaired) electrons. The number of hydrogen-bond donors (Lipinski definition) is 2. The molecule has 0 aliphatic carbocycles. The van der Waals surface area contributed by atoms with Gasteiger partial charge in [-0.05, 0) is 5.92 Å². The van der Waals surface area contributed by atoms with Crippen molar-refractivity contribution in [1.82, 2.24) is 9.97 Å². The average molecular weight is 244 g/mol. The lowest BCUT2D eigenvalue weighted by Gasteiger charge is -2.13. The van der Waals surface area contributed by atoms with Crippen molar-refractivity contribution in [3.8, 4) is 0 Å². The third kappa shape index (κ3) is 4.44. The first kappa shape index (κ1) is 12.7. The van der Waals surface area contributed by atoms with Crippen LogP contribution in [-0.2, 0) is 4.79 Å². The van der Waals surface area contributed by atoms with Crippen LogP contribution in [0.4, 0.5) is 5.82 Å². The minimum Gasteiger partial charge on any atom is -0.481 e. The fourth-order valence-electron chi connectivity index (χ4n) is 1.28. The van der Waals surface area contributed by atoms with Crippen LogP contribution in [0.2, 0.25) is 5.15 Å². The van der Waals surface area contributed by atoms with Crippen LogP contribution in [0.3, 0.4) is 0 Å². The summed E-state index contributed by atoms with van der Waals surface area (Å²) in [7, 11) is 0. The van der Waals surface area contributed by atoms with Gasteiger partial charge in [-0.15, -0.1) is 0 Å². The Bertz CT molecular complexity index is 360. The molecule has 88 valence electrons. The van der Waals surface area contributed by atoms with E-state index in [1.165, 1.54) is 6.20 Å². The molecule has 1 aromatic heterocycles. The fourth-order valence-corrected chi connectivity index (χ4v) is 1.43. The standard InChI is InChI=1S/C10H14ClN3O2/c1-2-7(3-10(15)16)4-13-9-6-12-5-8(11)14-9/h5-7H,2-4H2,1H3,(H,13,14)(H,15,16). The number of aromatic nitrogens is 2. The van der Waals surface area contributed by atoms with Crippen LogP contribution in [0.1, 0.15) is 19.8 Å². The smallest absolute Gasteiger partial charge is 0.303 e. The van der Waals surface area contributed by atoms with E-state index in [-0.39, 0.29) is 12.3 Å². The summed E-state index contributed by atoms with van der Waals surface area (Å²) in [6.07, 6.45) is 3.95. The number of nitrogens with one attached hydrogen (secondary N) is 1. The van der Waals surface area contributed by atoms with E-state index in [9.17, 15) is 4.79 Å². The Morgan fingerprint density at radius 3 is 2.94 bits per heavy atom. The van der Waals surface area contributed by atoms with Crippen molar-refractivity contribution in [3.05, 3.63) is 17.5 Å². The van der Waals surface area contributed by atoms with Crippen molar-refractivity contribution in [2.75, 3.05) is 11.9 Å². The molecule has 0 aliphatic rings. The van der Waals surface area contributed by atoms with Crippen LogP contribution in [0.5, 0.6) is 0 Å². The van der Waals surface area contributed by atoms with Crippen LogP contribution < -0.4 is 5.32 Å². The minimum absolute atomic E-state index is 0.0817. The highest BCUT2D eigenvalue weighted by Gasteiger charge is 2.11. The quantitative estimate of drug-likeness (QED) is 0.800. The first-order chi connectivity index (χ1) is 7.61. The Morgan fingerprint density at radius 1 is 1.62 bits per heavy atom. The van der Waals surface area contributed by atoms with Gasteiger partial charge in [-0.25, -0.2) is 4.98 Å². The molecule has 1 atom stereocenters. The molecule has 0 saturated heterocycles. The summed E-state index contributed by atoms with van der Waals surface area (Å²) in [6, 6.07) is 0. The highest BCUT2D eigenvalue weighted by Crippen LogP contribution is 2.11. The van der Waals surface area contributed by atoms with Gasteiger partial charge in [-0.3, -0.25) is 9.78 Å². The van der Waals surface area contributed by atoms with Crippen molar-refractivity contribution >= 4 is 23.4 Å². The van der Waals surface area contributed by atoms with Crippen molar-refractivity contribution in [3.63, 3.8) is 0 Å². The van der Waals surface area contributed by atoms with Gasteiger partial charge in [0, 0.05) is 13.0 Å². The van der Waals surface area contributed by atoms with Gasteiger partial charge < -0.3 is 10.4 Å². The summed E-state index contributed by atoms with van der Waals surface area (Å²) < 4.78 is 0. The second-order valence-electron chi connectivity index (χ2n) is 3.48. The predicted octanol–water partition coefficient (Wildman–Crippen LogP) is 2.04. The topological polar surface area (TPSA) is 75.1 Å². The van der Waals surface area contributed by atoms with Crippen LogP contribution in [-0.4, -0.2) is 27.6 Å². The van der Waals surface area contributed by atoms with E-state index in [1.807, 2.05) is 6.92 Å². The normalized spacial score (nSPS) is 12.1. The lowest BCUT2D eigenvalue weighted by molar-refractivity contribution is -0.138. The van der Waals surface area contributed by atoms with Gasteiger partial charge in [0.05, 0.1) is 12.4 Å². The molecule has 0 spiro atoms. The fraction of sp³-hybridized carbons (Fsp3) is 0.500. The molecular weight excluding hydrogens is 230 g/mol.